The maximum Gasteiger partial charge on any atom is 0.472 e. The predicted molar refractivity (Wildman–Crippen MR) is 224 cm³/mol. The van der Waals surface area contributed by atoms with E-state index in [4.69, 9.17) is 18.5 Å². The number of carbonyl (C=O) groups excluding carboxylic acids is 2. The molecule has 0 bridgehead atoms. The van der Waals surface area contributed by atoms with Crippen molar-refractivity contribution in [2.75, 3.05) is 47.5 Å². The van der Waals surface area contributed by atoms with Crippen LogP contribution in [-0.2, 0) is 32.7 Å². The molecule has 0 aliphatic carbocycles. The van der Waals surface area contributed by atoms with Crippen molar-refractivity contribution in [3.63, 3.8) is 0 Å². The maximum absolute atomic E-state index is 12.6. The van der Waals surface area contributed by atoms with Gasteiger partial charge >= 0.3 is 19.8 Å². The Kier molecular flexibility index (Phi) is 35.2. The van der Waals surface area contributed by atoms with Crippen molar-refractivity contribution in [2.24, 2.45) is 0 Å². The highest BCUT2D eigenvalue weighted by atomic mass is 31.2. The highest BCUT2D eigenvalue weighted by Gasteiger charge is 2.27. The van der Waals surface area contributed by atoms with Gasteiger partial charge in [-0.25, -0.2) is 4.57 Å². The molecule has 10 heteroatoms. The zero-order valence-electron chi connectivity index (χ0n) is 35.2. The van der Waals surface area contributed by atoms with Crippen LogP contribution < -0.4 is 0 Å². The van der Waals surface area contributed by atoms with E-state index in [1.54, 1.807) is 0 Å². The molecular weight excluding hydrogens is 701 g/mol. The number of allylic oxidation sites excluding steroid dienone is 8. The summed E-state index contributed by atoms with van der Waals surface area (Å²) in [7, 11) is 1.44. The molecule has 0 aromatic rings. The number of nitrogens with zero attached hydrogens (tertiary/aromatic N) is 1. The third kappa shape index (κ3) is 39.7. The fourth-order valence-corrected chi connectivity index (χ4v) is 6.22. The lowest BCUT2D eigenvalue weighted by Crippen LogP contribution is -2.37. The van der Waals surface area contributed by atoms with Crippen molar-refractivity contribution in [1.29, 1.82) is 0 Å². The first-order valence-corrected chi connectivity index (χ1v) is 22.9. The minimum absolute atomic E-state index is 0.0212. The summed E-state index contributed by atoms with van der Waals surface area (Å²) in [6, 6.07) is 0. The largest absolute Gasteiger partial charge is 0.472 e. The summed E-state index contributed by atoms with van der Waals surface area (Å²) >= 11 is 0. The normalized spacial score (nSPS) is 14.1. The van der Waals surface area contributed by atoms with Gasteiger partial charge in [-0.2, -0.15) is 0 Å². The van der Waals surface area contributed by atoms with Gasteiger partial charge in [0.2, 0.25) is 0 Å². The number of unbranched alkanes of at least 4 members (excludes halogenated alkanes) is 16. The van der Waals surface area contributed by atoms with Gasteiger partial charge in [0.25, 0.3) is 0 Å². The average Bonchev–Trinajstić information content (AvgIpc) is 3.12. The third-order valence-corrected chi connectivity index (χ3v) is 9.85. The minimum Gasteiger partial charge on any atom is -0.462 e. The Morgan fingerprint density at radius 3 is 1.54 bits per heavy atom. The smallest absolute Gasteiger partial charge is 0.462 e. The fourth-order valence-electron chi connectivity index (χ4n) is 5.48. The molecule has 0 aromatic heterocycles. The van der Waals surface area contributed by atoms with Crippen LogP contribution in [0.3, 0.4) is 0 Å². The van der Waals surface area contributed by atoms with Crippen molar-refractivity contribution in [3.8, 4) is 0 Å². The molecule has 2 atom stereocenters. The number of hydrogen-bond acceptors (Lipinski definition) is 7. The fraction of sp³-hybridized carbons (Fsp3) is 0.773. The molecule has 0 aromatic carbocycles. The second-order valence-corrected chi connectivity index (χ2v) is 16.8. The van der Waals surface area contributed by atoms with Crippen LogP contribution in [0.4, 0.5) is 0 Å². The van der Waals surface area contributed by atoms with E-state index in [0.717, 1.165) is 38.5 Å². The molecule has 0 aliphatic rings. The van der Waals surface area contributed by atoms with E-state index >= 15 is 0 Å². The Morgan fingerprint density at radius 2 is 1.02 bits per heavy atom. The predicted octanol–water partition coefficient (Wildman–Crippen LogP) is 11.9. The van der Waals surface area contributed by atoms with Gasteiger partial charge in [-0.15, -0.1) is 0 Å². The van der Waals surface area contributed by atoms with Crippen LogP contribution in [0.2, 0.25) is 0 Å². The molecule has 0 amide bonds. The summed E-state index contributed by atoms with van der Waals surface area (Å²) in [5.74, 6) is -0.864. The van der Waals surface area contributed by atoms with Crippen LogP contribution in [0.25, 0.3) is 0 Å². The molecule has 0 rings (SSSR count). The number of ether oxygens (including phenoxy) is 2. The number of quaternary nitrogens is 1. The first-order chi connectivity index (χ1) is 26.0. The van der Waals surface area contributed by atoms with Gasteiger partial charge < -0.3 is 18.9 Å². The summed E-state index contributed by atoms with van der Waals surface area (Å²) in [6.45, 7) is 4.32. The number of phosphoric ester groups is 1. The van der Waals surface area contributed by atoms with Crippen LogP contribution in [0, 0.1) is 0 Å². The van der Waals surface area contributed by atoms with Gasteiger partial charge in [-0.3, -0.25) is 18.6 Å². The van der Waals surface area contributed by atoms with E-state index < -0.39 is 26.5 Å². The van der Waals surface area contributed by atoms with Crippen LogP contribution >= 0.6 is 7.82 Å². The van der Waals surface area contributed by atoms with Crippen molar-refractivity contribution < 1.29 is 42.1 Å². The van der Waals surface area contributed by atoms with Crippen molar-refractivity contribution in [2.45, 2.75) is 174 Å². The third-order valence-electron chi connectivity index (χ3n) is 8.86. The topological polar surface area (TPSA) is 108 Å². The summed E-state index contributed by atoms with van der Waals surface area (Å²) in [5.41, 5.74) is 0. The summed E-state index contributed by atoms with van der Waals surface area (Å²) in [6.07, 6.45) is 41.6. The molecule has 314 valence electrons. The lowest BCUT2D eigenvalue weighted by atomic mass is 10.0. The van der Waals surface area contributed by atoms with E-state index in [-0.39, 0.29) is 32.0 Å². The molecule has 0 radical (unpaired) electrons. The number of carbonyl (C=O) groups is 2. The van der Waals surface area contributed by atoms with Gasteiger partial charge in [0, 0.05) is 12.8 Å². The molecular formula is C44H81NO8P+. The van der Waals surface area contributed by atoms with Crippen LogP contribution in [0.15, 0.2) is 48.6 Å². The number of hydrogen-bond donors (Lipinski definition) is 1. The van der Waals surface area contributed by atoms with Crippen molar-refractivity contribution >= 4 is 19.8 Å². The second kappa shape index (κ2) is 36.6. The molecule has 54 heavy (non-hydrogen) atoms. The summed E-state index contributed by atoms with van der Waals surface area (Å²) < 4.78 is 34.2. The van der Waals surface area contributed by atoms with Crippen LogP contribution in [0.5, 0.6) is 0 Å². The van der Waals surface area contributed by atoms with E-state index in [2.05, 4.69) is 56.4 Å². The summed E-state index contributed by atoms with van der Waals surface area (Å²) in [5, 5.41) is 0. The number of phosphoric acid groups is 1. The number of likely N-dealkylation sites (N-methyl/N-ethyl adjacent to an activating group) is 1. The highest BCUT2D eigenvalue weighted by molar-refractivity contribution is 7.47. The minimum atomic E-state index is -4.39. The Balaban J connectivity index is 4.49. The van der Waals surface area contributed by atoms with E-state index in [1.165, 1.54) is 89.9 Å². The Labute approximate surface area is 331 Å². The van der Waals surface area contributed by atoms with E-state index in [0.29, 0.717) is 23.9 Å². The monoisotopic (exact) mass is 783 g/mol. The molecule has 1 unspecified atom stereocenters. The van der Waals surface area contributed by atoms with Crippen molar-refractivity contribution in [3.05, 3.63) is 48.6 Å². The lowest BCUT2D eigenvalue weighted by Gasteiger charge is -2.24. The van der Waals surface area contributed by atoms with Gasteiger partial charge in [0.05, 0.1) is 27.7 Å². The Bertz CT molecular complexity index is 1070. The van der Waals surface area contributed by atoms with Gasteiger partial charge in [-0.1, -0.05) is 152 Å². The Morgan fingerprint density at radius 1 is 0.574 bits per heavy atom. The van der Waals surface area contributed by atoms with Crippen LogP contribution in [0.1, 0.15) is 168 Å². The molecule has 0 saturated carbocycles. The standard InChI is InChI=1S/C44H80NO8P/c1-6-8-10-12-14-16-18-20-21-22-23-25-27-29-31-33-35-37-44(47)53-42(41-52-54(48,49)51-39-38-45(3,4)5)40-50-43(46)36-34-32-30-28-26-24-19-17-15-13-11-9-7-2/h14,16,20-21,23,25,29,31,42H,6-13,15,17-19,22,24,26-28,30,32-41H2,1-5H3/p+1/b16-14+,21-20+,25-23+,31-29-/t42-/m1/s1. The SMILES string of the molecule is CCCCC/C=C/C/C=C/C/C=C/C/C=C\CCCC(=O)O[C@H](COC(=O)CCCCCCCCCCCCCCC)COP(=O)(O)OCC[N+](C)(C)C. The summed E-state index contributed by atoms with van der Waals surface area (Å²) in [4.78, 5) is 35.3. The van der Waals surface area contributed by atoms with Gasteiger partial charge in [0.1, 0.15) is 19.8 Å². The van der Waals surface area contributed by atoms with Gasteiger partial charge in [0.15, 0.2) is 6.10 Å². The molecule has 9 nitrogen and oxygen atoms in total. The maximum atomic E-state index is 12.6. The molecule has 0 saturated heterocycles. The lowest BCUT2D eigenvalue weighted by molar-refractivity contribution is -0.870. The molecule has 0 heterocycles. The zero-order valence-corrected chi connectivity index (χ0v) is 36.1. The zero-order chi connectivity index (χ0) is 40.0. The van der Waals surface area contributed by atoms with Crippen molar-refractivity contribution in [1.82, 2.24) is 0 Å². The molecule has 0 aliphatic heterocycles. The second-order valence-electron chi connectivity index (χ2n) is 15.4. The molecule has 1 N–H and O–H groups in total. The first-order valence-electron chi connectivity index (χ1n) is 21.4. The Hall–Kier alpha value is -2.03. The quantitative estimate of drug-likeness (QED) is 0.0217. The van der Waals surface area contributed by atoms with E-state index in [9.17, 15) is 19.0 Å². The highest BCUT2D eigenvalue weighted by Crippen LogP contribution is 2.43. The van der Waals surface area contributed by atoms with E-state index in [1.807, 2.05) is 27.2 Å². The molecule has 0 fully saturated rings. The average molecular weight is 783 g/mol. The number of rotatable bonds is 38. The number of esters is 2. The first kappa shape index (κ1) is 52.0. The van der Waals surface area contributed by atoms with Gasteiger partial charge in [-0.05, 0) is 51.4 Å². The molecule has 0 spiro atoms. The van der Waals surface area contributed by atoms with Crippen LogP contribution in [-0.4, -0.2) is 74.9 Å².